The van der Waals surface area contributed by atoms with Gasteiger partial charge in [-0.2, -0.15) is 5.10 Å². The fraction of sp³-hybridized carbons (Fsp3) is 0.353. The second kappa shape index (κ2) is 12.0. The van der Waals surface area contributed by atoms with E-state index in [2.05, 4.69) is 51.0 Å². The number of para-hydroxylation sites is 1. The van der Waals surface area contributed by atoms with Crippen LogP contribution in [0.1, 0.15) is 54.6 Å². The molecule has 9 heteroatoms. The van der Waals surface area contributed by atoms with Crippen molar-refractivity contribution in [2.24, 2.45) is 7.05 Å². The van der Waals surface area contributed by atoms with Gasteiger partial charge in [0.25, 0.3) is 0 Å². The number of carbonyl (C=O) groups is 1. The third-order valence-corrected chi connectivity index (χ3v) is 13.2. The van der Waals surface area contributed by atoms with Gasteiger partial charge in [0.2, 0.25) is 0 Å². The molecule has 0 unspecified atom stereocenters. The van der Waals surface area contributed by atoms with Crippen molar-refractivity contribution in [1.29, 1.82) is 0 Å². The number of aromatic carboxylic acids is 1. The number of aromatic nitrogens is 3. The molecule has 3 N–H and O–H groups in total. The van der Waals surface area contributed by atoms with Crippen molar-refractivity contribution < 1.29 is 24.2 Å². The smallest absolute Gasteiger partial charge is 0.352 e. The van der Waals surface area contributed by atoms with Gasteiger partial charge in [0.15, 0.2) is 8.32 Å². The number of aryl methyl sites for hydroxylation is 2. The number of nitrogens with zero attached hydrogens (tertiary/aromatic N) is 2. The van der Waals surface area contributed by atoms with Gasteiger partial charge in [-0.3, -0.25) is 4.68 Å². The number of H-pyrrole nitrogens is 1. The highest BCUT2D eigenvalue weighted by molar-refractivity contribution is 6.74. The molecule has 0 aliphatic heterocycles. The first kappa shape index (κ1) is 30.5. The lowest BCUT2D eigenvalue weighted by Crippen LogP contribution is -2.40. The number of rotatable bonds is 11. The van der Waals surface area contributed by atoms with Crippen LogP contribution in [0, 0.1) is 0 Å². The molecule has 0 amide bonds. The molecule has 5 rings (SSSR count). The lowest BCUT2D eigenvalue weighted by atomic mass is 9.98. The number of nitrogens with one attached hydrogen (secondary N) is 1. The number of aromatic amines is 1. The quantitative estimate of drug-likeness (QED) is 0.107. The number of aliphatic hydroxyl groups excluding tert-OH is 1. The van der Waals surface area contributed by atoms with Gasteiger partial charge >= 0.3 is 5.97 Å². The molecule has 3 aromatic carbocycles. The standard InChI is InChI=1S/C34H41N3O5Si/c1-34(2,3)43(5,6)42-21-27-30(28(20-38)37(4)36-27)26-16-10-15-24-25(32(33(39)40)35-31(24)26)17-11-19-41-29-18-9-13-22-12-7-8-14-23(22)29/h7-10,12-16,18,35,38H,11,17,19-21H2,1-6H3,(H,39,40). The average molecular weight is 600 g/mol. The molecule has 0 bridgehead atoms. The van der Waals surface area contributed by atoms with E-state index in [0.29, 0.717) is 37.3 Å². The van der Waals surface area contributed by atoms with Crippen LogP contribution in [-0.2, 0) is 31.1 Å². The molecular weight excluding hydrogens is 558 g/mol. The van der Waals surface area contributed by atoms with Crippen molar-refractivity contribution in [2.45, 2.75) is 65.0 Å². The van der Waals surface area contributed by atoms with Gasteiger partial charge in [-0.05, 0) is 48.0 Å². The van der Waals surface area contributed by atoms with Crippen molar-refractivity contribution in [1.82, 2.24) is 14.8 Å². The Hall–Kier alpha value is -3.92. The predicted octanol–water partition coefficient (Wildman–Crippen LogP) is 7.45. The molecule has 0 atom stereocenters. The minimum Gasteiger partial charge on any atom is -0.493 e. The lowest BCUT2D eigenvalue weighted by molar-refractivity contribution is 0.0690. The van der Waals surface area contributed by atoms with Gasteiger partial charge in [-0.1, -0.05) is 75.4 Å². The number of hydrogen-bond donors (Lipinski definition) is 3. The molecule has 0 saturated heterocycles. The maximum atomic E-state index is 12.4. The summed E-state index contributed by atoms with van der Waals surface area (Å²) < 4.78 is 14.4. The highest BCUT2D eigenvalue weighted by atomic mass is 28.4. The van der Waals surface area contributed by atoms with E-state index in [4.69, 9.17) is 14.3 Å². The van der Waals surface area contributed by atoms with E-state index in [-0.39, 0.29) is 17.3 Å². The molecule has 8 nitrogen and oxygen atoms in total. The van der Waals surface area contributed by atoms with Crippen LogP contribution in [0.4, 0.5) is 0 Å². The van der Waals surface area contributed by atoms with E-state index in [0.717, 1.165) is 44.3 Å². The number of carboxylic acids is 1. The first-order chi connectivity index (χ1) is 20.4. The van der Waals surface area contributed by atoms with Crippen LogP contribution in [0.25, 0.3) is 32.8 Å². The zero-order valence-electron chi connectivity index (χ0n) is 25.8. The number of fused-ring (bicyclic) bond motifs is 2. The predicted molar refractivity (Wildman–Crippen MR) is 173 cm³/mol. The summed E-state index contributed by atoms with van der Waals surface area (Å²) >= 11 is 0. The zero-order valence-corrected chi connectivity index (χ0v) is 26.8. The molecule has 2 heterocycles. The van der Waals surface area contributed by atoms with Gasteiger partial charge in [-0.25, -0.2) is 4.79 Å². The van der Waals surface area contributed by atoms with Crippen molar-refractivity contribution in [2.75, 3.05) is 6.61 Å². The highest BCUT2D eigenvalue weighted by Gasteiger charge is 2.37. The maximum Gasteiger partial charge on any atom is 0.352 e. The first-order valence-corrected chi connectivity index (χ1v) is 17.6. The SMILES string of the molecule is Cn1nc(CO[Si](C)(C)C(C)(C)C)c(-c2cccc3c(CCCOc4cccc5ccccc45)c(C(=O)O)[nH]c23)c1CO. The molecule has 0 radical (unpaired) electrons. The van der Waals surface area contributed by atoms with Gasteiger partial charge in [0.05, 0.1) is 36.7 Å². The molecular formula is C34H41N3O5Si. The lowest BCUT2D eigenvalue weighted by Gasteiger charge is -2.36. The van der Waals surface area contributed by atoms with Crippen molar-refractivity contribution >= 4 is 36.0 Å². The fourth-order valence-electron chi connectivity index (χ4n) is 5.36. The minimum atomic E-state index is -2.07. The van der Waals surface area contributed by atoms with Crippen LogP contribution in [0.5, 0.6) is 5.75 Å². The van der Waals surface area contributed by atoms with Crippen LogP contribution >= 0.6 is 0 Å². The Morgan fingerprint density at radius 3 is 2.44 bits per heavy atom. The summed E-state index contributed by atoms with van der Waals surface area (Å²) in [7, 11) is -0.262. The summed E-state index contributed by atoms with van der Waals surface area (Å²) in [5, 5.41) is 28.3. The Kier molecular flexibility index (Phi) is 8.51. The van der Waals surface area contributed by atoms with Crippen molar-refractivity contribution in [3.63, 3.8) is 0 Å². The van der Waals surface area contributed by atoms with E-state index in [1.807, 2.05) is 55.6 Å². The molecule has 0 fully saturated rings. The summed E-state index contributed by atoms with van der Waals surface area (Å²) in [6.07, 6.45) is 1.16. The monoisotopic (exact) mass is 599 g/mol. The van der Waals surface area contributed by atoms with E-state index in [1.54, 1.807) is 4.68 Å². The van der Waals surface area contributed by atoms with Gasteiger partial charge in [0, 0.05) is 28.9 Å². The fourth-order valence-corrected chi connectivity index (χ4v) is 6.29. The van der Waals surface area contributed by atoms with Gasteiger partial charge < -0.3 is 24.4 Å². The van der Waals surface area contributed by atoms with E-state index < -0.39 is 14.3 Å². The Bertz CT molecular complexity index is 1780. The Labute approximate surface area is 253 Å². The third kappa shape index (κ3) is 5.97. The molecule has 2 aromatic heterocycles. The Morgan fingerprint density at radius 2 is 1.72 bits per heavy atom. The Morgan fingerprint density at radius 1 is 1.02 bits per heavy atom. The summed E-state index contributed by atoms with van der Waals surface area (Å²) in [5.41, 5.74) is 4.56. The molecule has 43 heavy (non-hydrogen) atoms. The normalized spacial score (nSPS) is 12.3. The van der Waals surface area contributed by atoms with Crippen molar-refractivity contribution in [3.05, 3.63) is 83.3 Å². The average Bonchev–Trinajstić information content (AvgIpc) is 3.50. The zero-order chi connectivity index (χ0) is 30.9. The highest BCUT2D eigenvalue weighted by Crippen LogP contribution is 2.40. The molecule has 5 aromatic rings. The maximum absolute atomic E-state index is 12.4. The van der Waals surface area contributed by atoms with Crippen molar-refractivity contribution in [3.8, 4) is 16.9 Å². The van der Waals surface area contributed by atoms with Crippen LogP contribution in [0.2, 0.25) is 18.1 Å². The van der Waals surface area contributed by atoms with Gasteiger partial charge in [0.1, 0.15) is 11.4 Å². The molecule has 0 saturated carbocycles. The second-order valence-electron chi connectivity index (χ2n) is 12.5. The van der Waals surface area contributed by atoms with E-state index >= 15 is 0 Å². The first-order valence-electron chi connectivity index (χ1n) is 14.7. The number of aliphatic hydroxyl groups is 1. The molecule has 0 spiro atoms. The number of benzene rings is 3. The van der Waals surface area contributed by atoms with Gasteiger partial charge in [-0.15, -0.1) is 0 Å². The number of ether oxygens (including phenoxy) is 1. The van der Waals surface area contributed by atoms with Crippen LogP contribution in [0.15, 0.2) is 60.7 Å². The van der Waals surface area contributed by atoms with Crippen LogP contribution in [0.3, 0.4) is 0 Å². The second-order valence-corrected chi connectivity index (χ2v) is 17.3. The Balaban J connectivity index is 1.46. The minimum absolute atomic E-state index is 0.0316. The summed E-state index contributed by atoms with van der Waals surface area (Å²) in [6, 6.07) is 19.9. The molecule has 226 valence electrons. The number of carboxylic acid groups (broad SMARTS) is 1. The molecule has 0 aliphatic rings. The third-order valence-electron chi connectivity index (χ3n) is 8.77. The summed E-state index contributed by atoms with van der Waals surface area (Å²) in [4.78, 5) is 15.6. The summed E-state index contributed by atoms with van der Waals surface area (Å²) in [5.74, 6) is -0.194. The molecule has 0 aliphatic carbocycles. The largest absolute Gasteiger partial charge is 0.493 e. The summed E-state index contributed by atoms with van der Waals surface area (Å²) in [6.45, 7) is 11.5. The van der Waals surface area contributed by atoms with E-state index in [9.17, 15) is 15.0 Å². The van der Waals surface area contributed by atoms with Crippen LogP contribution < -0.4 is 4.74 Å². The topological polar surface area (TPSA) is 110 Å². The van der Waals surface area contributed by atoms with E-state index in [1.165, 1.54) is 0 Å². The number of hydrogen-bond acceptors (Lipinski definition) is 5. The van der Waals surface area contributed by atoms with Crippen LogP contribution in [-0.4, -0.2) is 45.9 Å².